The van der Waals surface area contributed by atoms with Crippen molar-refractivity contribution in [1.29, 1.82) is 0 Å². The van der Waals surface area contributed by atoms with Crippen molar-refractivity contribution in [2.45, 2.75) is 38.7 Å². The molecule has 1 aliphatic rings. The van der Waals surface area contributed by atoms with E-state index in [-0.39, 0.29) is 5.91 Å². The van der Waals surface area contributed by atoms with E-state index in [4.69, 9.17) is 4.74 Å². The highest BCUT2D eigenvalue weighted by Gasteiger charge is 2.22. The van der Waals surface area contributed by atoms with Crippen LogP contribution in [0.25, 0.3) is 5.69 Å². The van der Waals surface area contributed by atoms with Crippen LogP contribution in [0.1, 0.15) is 32.6 Å². The first-order chi connectivity index (χ1) is 11.2. The quantitative estimate of drug-likeness (QED) is 0.860. The average molecular weight is 315 g/mol. The molecule has 0 saturated carbocycles. The molecule has 122 valence electrons. The van der Waals surface area contributed by atoms with Crippen LogP contribution in [0.3, 0.4) is 0 Å². The molecule has 2 aromatic rings. The highest BCUT2D eigenvalue weighted by Crippen LogP contribution is 2.17. The maximum Gasteiger partial charge on any atom is 0.263 e. The van der Waals surface area contributed by atoms with Gasteiger partial charge in [-0.2, -0.15) is 0 Å². The number of aromatic nitrogens is 4. The lowest BCUT2D eigenvalue weighted by Gasteiger charge is -2.24. The molecular formula is C16H21N5O2. The van der Waals surface area contributed by atoms with Gasteiger partial charge in [0.2, 0.25) is 0 Å². The number of tetrazole rings is 1. The molecule has 0 radical (unpaired) electrons. The van der Waals surface area contributed by atoms with Crippen LogP contribution in [0, 0.1) is 0 Å². The number of nitrogens with zero attached hydrogens (tertiary/aromatic N) is 5. The Hall–Kier alpha value is -2.44. The number of ether oxygens (including phenoxy) is 1. The second-order valence-electron chi connectivity index (χ2n) is 5.75. The van der Waals surface area contributed by atoms with Crippen LogP contribution in [-0.2, 0) is 4.79 Å². The molecule has 1 aromatic heterocycles. The van der Waals surface area contributed by atoms with Gasteiger partial charge in [0.25, 0.3) is 5.91 Å². The van der Waals surface area contributed by atoms with E-state index in [2.05, 4.69) is 15.5 Å². The Bertz CT molecular complexity index is 618. The molecule has 23 heavy (non-hydrogen) atoms. The van der Waals surface area contributed by atoms with Gasteiger partial charge in [0.15, 0.2) is 6.10 Å². The molecular weight excluding hydrogens is 294 g/mol. The van der Waals surface area contributed by atoms with Crippen LogP contribution >= 0.6 is 0 Å². The summed E-state index contributed by atoms with van der Waals surface area (Å²) in [6.07, 6.45) is 5.63. The Morgan fingerprint density at radius 2 is 1.83 bits per heavy atom. The van der Waals surface area contributed by atoms with Gasteiger partial charge >= 0.3 is 0 Å². The van der Waals surface area contributed by atoms with E-state index in [0.29, 0.717) is 5.75 Å². The highest BCUT2D eigenvalue weighted by molar-refractivity contribution is 5.80. The maximum atomic E-state index is 12.5. The van der Waals surface area contributed by atoms with Gasteiger partial charge in [0, 0.05) is 13.1 Å². The smallest absolute Gasteiger partial charge is 0.263 e. The van der Waals surface area contributed by atoms with E-state index in [9.17, 15) is 4.79 Å². The topological polar surface area (TPSA) is 73.1 Å². The number of hydrogen-bond donors (Lipinski definition) is 0. The van der Waals surface area contributed by atoms with Crippen LogP contribution in [-0.4, -0.2) is 50.2 Å². The Morgan fingerprint density at radius 3 is 2.43 bits per heavy atom. The fraction of sp³-hybridized carbons (Fsp3) is 0.500. The summed E-state index contributed by atoms with van der Waals surface area (Å²) in [5.41, 5.74) is 0.842. The standard InChI is InChI=1S/C16H21N5O2/c1-13(16(22)20-10-4-2-3-5-11-20)23-15-8-6-14(7-9-15)21-12-17-18-19-21/h6-9,12-13H,2-5,10-11H2,1H3. The van der Waals surface area contributed by atoms with Gasteiger partial charge in [0.05, 0.1) is 5.69 Å². The van der Waals surface area contributed by atoms with Crippen molar-refractivity contribution in [1.82, 2.24) is 25.1 Å². The lowest BCUT2D eigenvalue weighted by molar-refractivity contribution is -0.137. The van der Waals surface area contributed by atoms with Crippen LogP contribution in [0.2, 0.25) is 0 Å². The predicted octanol–water partition coefficient (Wildman–Crippen LogP) is 1.83. The molecule has 3 rings (SSSR count). The van der Waals surface area contributed by atoms with Crippen molar-refractivity contribution in [2.24, 2.45) is 0 Å². The van der Waals surface area contributed by atoms with Crippen molar-refractivity contribution >= 4 is 5.91 Å². The van der Waals surface area contributed by atoms with Crippen LogP contribution in [0.4, 0.5) is 0 Å². The number of amides is 1. The number of carbonyl (C=O) groups excluding carboxylic acids is 1. The zero-order chi connectivity index (χ0) is 16.1. The summed E-state index contributed by atoms with van der Waals surface area (Å²) < 4.78 is 7.36. The van der Waals surface area contributed by atoms with Crippen LogP contribution in [0.15, 0.2) is 30.6 Å². The average Bonchev–Trinajstić information content (AvgIpc) is 2.97. The minimum Gasteiger partial charge on any atom is -0.481 e. The second-order valence-corrected chi connectivity index (χ2v) is 5.75. The van der Waals surface area contributed by atoms with Gasteiger partial charge in [-0.05, 0) is 54.5 Å². The summed E-state index contributed by atoms with van der Waals surface area (Å²) in [5, 5.41) is 11.0. The second kappa shape index (κ2) is 7.21. The molecule has 2 heterocycles. The molecule has 1 amide bonds. The Labute approximate surface area is 135 Å². The first-order valence-electron chi connectivity index (χ1n) is 8.03. The van der Waals surface area contributed by atoms with E-state index >= 15 is 0 Å². The molecule has 1 unspecified atom stereocenters. The third kappa shape index (κ3) is 3.85. The fourth-order valence-electron chi connectivity index (χ4n) is 2.76. The van der Waals surface area contributed by atoms with Crippen LogP contribution in [0.5, 0.6) is 5.75 Å². The van der Waals surface area contributed by atoms with Crippen molar-refractivity contribution in [2.75, 3.05) is 13.1 Å². The van der Waals surface area contributed by atoms with Crippen molar-refractivity contribution in [3.8, 4) is 11.4 Å². The Morgan fingerprint density at radius 1 is 1.13 bits per heavy atom. The van der Waals surface area contributed by atoms with Gasteiger partial charge < -0.3 is 9.64 Å². The maximum absolute atomic E-state index is 12.5. The van der Waals surface area contributed by atoms with Gasteiger partial charge in [-0.15, -0.1) is 5.10 Å². The summed E-state index contributed by atoms with van der Waals surface area (Å²) >= 11 is 0. The number of likely N-dealkylation sites (tertiary alicyclic amines) is 1. The minimum atomic E-state index is -0.480. The summed E-state index contributed by atoms with van der Waals surface area (Å²) in [4.78, 5) is 14.4. The molecule has 1 aliphatic heterocycles. The van der Waals surface area contributed by atoms with E-state index < -0.39 is 6.10 Å². The van der Waals surface area contributed by atoms with Gasteiger partial charge in [-0.25, -0.2) is 4.68 Å². The van der Waals surface area contributed by atoms with Crippen molar-refractivity contribution in [3.63, 3.8) is 0 Å². The highest BCUT2D eigenvalue weighted by atomic mass is 16.5. The van der Waals surface area contributed by atoms with Crippen LogP contribution < -0.4 is 4.74 Å². The molecule has 1 saturated heterocycles. The van der Waals surface area contributed by atoms with Gasteiger partial charge in [-0.1, -0.05) is 12.8 Å². The summed E-state index contributed by atoms with van der Waals surface area (Å²) in [6.45, 7) is 3.48. The third-order valence-corrected chi connectivity index (χ3v) is 4.03. The monoisotopic (exact) mass is 315 g/mol. The third-order valence-electron chi connectivity index (χ3n) is 4.03. The summed E-state index contributed by atoms with van der Waals surface area (Å²) in [7, 11) is 0. The summed E-state index contributed by atoms with van der Waals surface area (Å²) in [5.74, 6) is 0.731. The largest absolute Gasteiger partial charge is 0.481 e. The molecule has 1 atom stereocenters. The minimum absolute atomic E-state index is 0.0662. The first kappa shape index (κ1) is 15.5. The zero-order valence-corrected chi connectivity index (χ0v) is 13.3. The number of benzene rings is 1. The first-order valence-corrected chi connectivity index (χ1v) is 8.03. The number of rotatable bonds is 4. The van der Waals surface area contributed by atoms with E-state index in [1.165, 1.54) is 19.2 Å². The Kier molecular flexibility index (Phi) is 4.85. The lowest BCUT2D eigenvalue weighted by Crippen LogP contribution is -2.40. The van der Waals surface area contributed by atoms with Crippen molar-refractivity contribution in [3.05, 3.63) is 30.6 Å². The van der Waals surface area contributed by atoms with Gasteiger partial charge in [0.1, 0.15) is 12.1 Å². The number of hydrogen-bond acceptors (Lipinski definition) is 5. The fourth-order valence-corrected chi connectivity index (χ4v) is 2.76. The summed E-state index contributed by atoms with van der Waals surface area (Å²) in [6, 6.07) is 7.36. The van der Waals surface area contributed by atoms with E-state index in [1.54, 1.807) is 4.68 Å². The molecule has 7 heteroatoms. The molecule has 0 N–H and O–H groups in total. The van der Waals surface area contributed by atoms with E-state index in [1.807, 2.05) is 36.1 Å². The Balaban J connectivity index is 1.60. The SMILES string of the molecule is CC(Oc1ccc(-n2cnnn2)cc1)C(=O)N1CCCCCC1. The van der Waals surface area contributed by atoms with Gasteiger partial charge in [-0.3, -0.25) is 4.79 Å². The molecule has 7 nitrogen and oxygen atoms in total. The molecule has 1 aromatic carbocycles. The molecule has 1 fully saturated rings. The lowest BCUT2D eigenvalue weighted by atomic mass is 10.2. The number of carbonyl (C=O) groups is 1. The predicted molar refractivity (Wildman–Crippen MR) is 84.3 cm³/mol. The normalized spacial score (nSPS) is 16.7. The molecule has 0 bridgehead atoms. The molecule has 0 spiro atoms. The van der Waals surface area contributed by atoms with E-state index in [0.717, 1.165) is 31.6 Å². The zero-order valence-electron chi connectivity index (χ0n) is 13.3. The molecule has 0 aliphatic carbocycles. The van der Waals surface area contributed by atoms with Crippen molar-refractivity contribution < 1.29 is 9.53 Å².